The van der Waals surface area contributed by atoms with E-state index in [-0.39, 0.29) is 6.42 Å². The van der Waals surface area contributed by atoms with E-state index in [1.807, 2.05) is 0 Å². The fraction of sp³-hybridized carbons (Fsp3) is 0.860. The molecule has 7 amide bonds. The van der Waals surface area contributed by atoms with Gasteiger partial charge in [0.1, 0.15) is 140 Å². The standard InChI is InChI=1S/C50H85N7O31/c1-7-14(2)26(45(79)57-27(15(3)62)43(51)77)56-44(78)19(52-16(4)63)8-25(66)55-46-28(53-17(5)64)33(70)40(22(11-60)81-46)86-47-29(54-18(6)65)34(71)41(23(12-61)84-47)87-50-39(76)42(88-49-38(75)36(73)31(68)21(10-59)83-49)32(69)24(85-50)13-80-48-37(74)35(72)30(67)20(9-58)82-48/h14-15,19-24,26-42,46-50,58-62,67-76H,7-13H2,1-6H3,(H2,51,77)(H,52,63)(H,53,64)(H,54,65)(H,55,66)(H,56,78)(H,57,79)/t14-,15+,19-,20+,21+,22+,23+,24+,26-,27-,28+,29+,30+,31+,32+,33+,34+,35-,36-,37-,38-,39-,40+,41+,42-,46+,47-,48-,49+,50-/m0/s1. The molecule has 30 atom stereocenters. The summed E-state index contributed by atoms with van der Waals surface area (Å²) in [6, 6.07) is -8.31. The maximum absolute atomic E-state index is 13.8. The highest BCUT2D eigenvalue weighted by Crippen LogP contribution is 2.35. The molecule has 38 heteroatoms. The summed E-state index contributed by atoms with van der Waals surface area (Å²) in [6.45, 7) is 2.49. The van der Waals surface area contributed by atoms with Crippen molar-refractivity contribution < 1.29 is 153 Å². The van der Waals surface area contributed by atoms with Crippen molar-refractivity contribution in [2.75, 3.05) is 33.0 Å². The average Bonchev–Trinajstić information content (AvgIpc) is 2.44. The Kier molecular flexibility index (Phi) is 27.8. The Bertz CT molecular complexity index is 2320. The molecule has 0 spiro atoms. The monoisotopic (exact) mass is 1280 g/mol. The number of aliphatic hydroxyl groups excluding tert-OH is 15. The quantitative estimate of drug-likeness (QED) is 0.0363. The van der Waals surface area contributed by atoms with Crippen LogP contribution in [0.25, 0.3) is 0 Å². The molecule has 0 aromatic heterocycles. The van der Waals surface area contributed by atoms with Crippen LogP contribution in [0.3, 0.4) is 0 Å². The van der Waals surface area contributed by atoms with Gasteiger partial charge in [-0.3, -0.25) is 33.6 Å². The molecule has 0 unspecified atom stereocenters. The SMILES string of the molecule is CC[C@H](C)[C@H](NC(=O)[C@H](CC(=O)N[C@@H]1O[C@H](CO)[C@@H](O[C@@H]2O[C@H](CO)[C@@H](O[C@@H]3O[C@H](CO[C@H]4O[C@H](CO)[C@@H](O)[C@H](O)[C@@H]4O)[C@@H](O)[C@H](O[C@H]4O[C@H](CO)[C@@H](O)[C@H](O)[C@@H]4O)[C@@H]3O)[C@H](O)[C@H]2NC(C)=O)[C@H](O)[C@H]1NC(C)=O)NC(C)=O)C(=O)N[C@H](C(N)=O)[C@@H](C)O. The number of hydrogen-bond acceptors (Lipinski definition) is 31. The van der Waals surface area contributed by atoms with E-state index in [2.05, 4.69) is 31.9 Å². The number of ether oxygens (including phenoxy) is 9. The normalized spacial score (nSPS) is 39.5. The van der Waals surface area contributed by atoms with Crippen molar-refractivity contribution in [2.24, 2.45) is 11.7 Å². The predicted molar refractivity (Wildman–Crippen MR) is 282 cm³/mol. The van der Waals surface area contributed by atoms with Crippen LogP contribution in [0.2, 0.25) is 0 Å². The zero-order valence-corrected chi connectivity index (χ0v) is 48.6. The number of carbonyl (C=O) groups excluding carboxylic acids is 7. The topological polar surface area (TPSA) is 604 Å². The van der Waals surface area contributed by atoms with Gasteiger partial charge in [0.05, 0.1) is 45.6 Å². The minimum atomic E-state index is -2.28. The number of primary amides is 1. The maximum atomic E-state index is 13.8. The fourth-order valence-electron chi connectivity index (χ4n) is 10.4. The zero-order chi connectivity index (χ0) is 65.9. The summed E-state index contributed by atoms with van der Waals surface area (Å²) in [4.78, 5) is 90.8. The van der Waals surface area contributed by atoms with Gasteiger partial charge in [-0.05, 0) is 12.8 Å². The van der Waals surface area contributed by atoms with E-state index in [4.69, 9.17) is 48.4 Å². The van der Waals surface area contributed by atoms with Crippen LogP contribution in [0, 0.1) is 5.92 Å². The Hall–Kier alpha value is -4.67. The molecule has 5 aliphatic rings. The molecular weight excluding hydrogens is 1190 g/mol. The van der Waals surface area contributed by atoms with E-state index >= 15 is 0 Å². The van der Waals surface area contributed by atoms with E-state index in [0.717, 1.165) is 20.8 Å². The van der Waals surface area contributed by atoms with Gasteiger partial charge in [-0.2, -0.15) is 0 Å². The first kappa shape index (κ1) is 74.1. The molecular formula is C50H85N7O31. The number of hydrogen-bond donors (Lipinski definition) is 22. The first-order chi connectivity index (χ1) is 41.3. The summed E-state index contributed by atoms with van der Waals surface area (Å²) in [5.41, 5.74) is 5.32. The molecule has 0 saturated carbocycles. The van der Waals surface area contributed by atoms with E-state index in [1.54, 1.807) is 13.8 Å². The first-order valence-electron chi connectivity index (χ1n) is 28.1. The third kappa shape index (κ3) is 18.1. The molecule has 23 N–H and O–H groups in total. The molecule has 5 heterocycles. The molecule has 5 saturated heterocycles. The zero-order valence-electron chi connectivity index (χ0n) is 48.6. The van der Waals surface area contributed by atoms with E-state index in [9.17, 15) is 110 Å². The molecule has 38 nitrogen and oxygen atoms in total. The van der Waals surface area contributed by atoms with Crippen molar-refractivity contribution in [1.82, 2.24) is 31.9 Å². The molecule has 88 heavy (non-hydrogen) atoms. The number of nitrogens with two attached hydrogens (primary N) is 1. The van der Waals surface area contributed by atoms with Crippen LogP contribution in [-0.4, -0.2) is 329 Å². The van der Waals surface area contributed by atoms with E-state index in [0.29, 0.717) is 0 Å². The van der Waals surface area contributed by atoms with Gasteiger partial charge in [0, 0.05) is 20.8 Å². The van der Waals surface area contributed by atoms with Gasteiger partial charge in [0.2, 0.25) is 41.4 Å². The Morgan fingerprint density at radius 3 is 1.44 bits per heavy atom. The highest BCUT2D eigenvalue weighted by atomic mass is 16.8. The van der Waals surface area contributed by atoms with E-state index < -0.39 is 264 Å². The summed E-state index contributed by atoms with van der Waals surface area (Å²) in [6.07, 6.45) is -46.8. The molecule has 0 aromatic carbocycles. The van der Waals surface area contributed by atoms with Gasteiger partial charge in [-0.25, -0.2) is 0 Å². The molecule has 0 radical (unpaired) electrons. The lowest BCUT2D eigenvalue weighted by Crippen LogP contribution is -2.71. The van der Waals surface area contributed by atoms with Crippen molar-refractivity contribution >= 4 is 41.4 Å². The van der Waals surface area contributed by atoms with Crippen LogP contribution in [-0.2, 0) is 76.2 Å². The van der Waals surface area contributed by atoms with Gasteiger partial charge < -0.3 is 157 Å². The lowest BCUT2D eigenvalue weighted by Gasteiger charge is -2.50. The number of aliphatic hydroxyl groups is 15. The van der Waals surface area contributed by atoms with Crippen molar-refractivity contribution in [3.63, 3.8) is 0 Å². The van der Waals surface area contributed by atoms with Gasteiger partial charge in [0.15, 0.2) is 31.4 Å². The number of amides is 7. The lowest BCUT2D eigenvalue weighted by atomic mass is 9.93. The van der Waals surface area contributed by atoms with Crippen molar-refractivity contribution in [1.29, 1.82) is 0 Å². The molecule has 0 aromatic rings. The third-order valence-corrected chi connectivity index (χ3v) is 15.4. The average molecular weight is 1280 g/mol. The first-order valence-corrected chi connectivity index (χ1v) is 28.1. The van der Waals surface area contributed by atoms with Gasteiger partial charge in [0.25, 0.3) is 0 Å². The van der Waals surface area contributed by atoms with Crippen molar-refractivity contribution in [2.45, 2.75) is 232 Å². The lowest BCUT2D eigenvalue weighted by molar-refractivity contribution is -0.383. The van der Waals surface area contributed by atoms with Crippen molar-refractivity contribution in [3.05, 3.63) is 0 Å². The fourth-order valence-corrected chi connectivity index (χ4v) is 10.4. The smallest absolute Gasteiger partial charge is 0.243 e. The van der Waals surface area contributed by atoms with Crippen LogP contribution in [0.5, 0.6) is 0 Å². The second kappa shape index (κ2) is 33.1. The van der Waals surface area contributed by atoms with Gasteiger partial charge in [-0.15, -0.1) is 0 Å². The molecule has 506 valence electrons. The molecule has 0 aliphatic carbocycles. The molecule has 0 bridgehead atoms. The summed E-state index contributed by atoms with van der Waals surface area (Å²) < 4.78 is 52.1. The van der Waals surface area contributed by atoms with Crippen molar-refractivity contribution in [3.8, 4) is 0 Å². The van der Waals surface area contributed by atoms with Crippen LogP contribution in [0.15, 0.2) is 0 Å². The minimum absolute atomic E-state index is 0.270. The number of nitrogens with one attached hydrogen (secondary N) is 6. The summed E-state index contributed by atoms with van der Waals surface area (Å²) >= 11 is 0. The van der Waals surface area contributed by atoms with Gasteiger partial charge in [-0.1, -0.05) is 20.3 Å². The Labute approximate surface area is 501 Å². The summed E-state index contributed by atoms with van der Waals surface area (Å²) in [5.74, 6) is -7.45. The summed E-state index contributed by atoms with van der Waals surface area (Å²) in [7, 11) is 0. The third-order valence-electron chi connectivity index (χ3n) is 15.4. The van der Waals surface area contributed by atoms with Crippen LogP contribution in [0.4, 0.5) is 0 Å². The molecule has 5 aliphatic heterocycles. The van der Waals surface area contributed by atoms with Crippen LogP contribution in [0.1, 0.15) is 54.4 Å². The number of rotatable bonds is 27. The Morgan fingerprint density at radius 1 is 0.477 bits per heavy atom. The van der Waals surface area contributed by atoms with E-state index in [1.165, 1.54) is 6.92 Å². The van der Waals surface area contributed by atoms with Gasteiger partial charge >= 0.3 is 0 Å². The molecule has 5 fully saturated rings. The summed E-state index contributed by atoms with van der Waals surface area (Å²) in [5, 5.41) is 176. The number of carbonyl (C=O) groups is 7. The molecule has 5 rings (SSSR count). The largest absolute Gasteiger partial charge is 0.394 e. The Morgan fingerprint density at radius 2 is 0.932 bits per heavy atom. The highest BCUT2D eigenvalue weighted by Gasteiger charge is 2.57. The maximum Gasteiger partial charge on any atom is 0.243 e. The van der Waals surface area contributed by atoms with Crippen LogP contribution < -0.4 is 37.6 Å². The second-order valence-electron chi connectivity index (χ2n) is 22.0. The minimum Gasteiger partial charge on any atom is -0.394 e. The highest BCUT2D eigenvalue weighted by molar-refractivity contribution is 5.96. The predicted octanol–water partition coefficient (Wildman–Crippen LogP) is -13.7. The Balaban J connectivity index is 1.38. The second-order valence-corrected chi connectivity index (χ2v) is 22.0. The van der Waals surface area contributed by atoms with Crippen LogP contribution >= 0.6 is 0 Å².